The Morgan fingerprint density at radius 2 is 2.12 bits per heavy atom. The van der Waals surface area contributed by atoms with Crippen LogP contribution in [0.5, 0.6) is 0 Å². The fourth-order valence-electron chi connectivity index (χ4n) is 2.45. The standard InChI is InChI=1S/C13H18BrClN2/c1-8-9(2)17(6-5-12(8)16)13-4-3-10(14)7-11(13)15/h3-4,7-9,12H,5-6,16H2,1-2H3. The van der Waals surface area contributed by atoms with Crippen molar-refractivity contribution in [3.05, 3.63) is 27.7 Å². The lowest BCUT2D eigenvalue weighted by Crippen LogP contribution is -2.51. The Kier molecular flexibility index (Phi) is 4.01. The van der Waals surface area contributed by atoms with Crippen LogP contribution in [0.2, 0.25) is 5.02 Å². The summed E-state index contributed by atoms with van der Waals surface area (Å²) in [5, 5.41) is 0.800. The number of nitrogens with two attached hydrogens (primary N) is 1. The first kappa shape index (κ1) is 13.2. The Morgan fingerprint density at radius 3 is 2.76 bits per heavy atom. The summed E-state index contributed by atoms with van der Waals surface area (Å²) in [5.41, 5.74) is 7.22. The average Bonchev–Trinajstić information content (AvgIpc) is 2.28. The molecule has 1 aromatic rings. The molecule has 4 heteroatoms. The second-order valence-corrected chi connectivity index (χ2v) is 6.16. The molecule has 1 aromatic carbocycles. The van der Waals surface area contributed by atoms with Gasteiger partial charge in [0.2, 0.25) is 0 Å². The molecular weight excluding hydrogens is 300 g/mol. The fourth-order valence-corrected chi connectivity index (χ4v) is 3.23. The molecule has 0 bridgehead atoms. The van der Waals surface area contributed by atoms with Crippen molar-refractivity contribution in [1.29, 1.82) is 0 Å². The van der Waals surface area contributed by atoms with Crippen molar-refractivity contribution < 1.29 is 0 Å². The van der Waals surface area contributed by atoms with E-state index in [-0.39, 0.29) is 0 Å². The predicted molar refractivity (Wildman–Crippen MR) is 77.7 cm³/mol. The molecule has 1 fully saturated rings. The van der Waals surface area contributed by atoms with E-state index >= 15 is 0 Å². The van der Waals surface area contributed by atoms with E-state index in [1.54, 1.807) is 0 Å². The van der Waals surface area contributed by atoms with Crippen molar-refractivity contribution in [2.75, 3.05) is 11.4 Å². The number of hydrogen-bond acceptors (Lipinski definition) is 2. The maximum absolute atomic E-state index is 6.31. The van der Waals surface area contributed by atoms with Crippen LogP contribution in [0.4, 0.5) is 5.69 Å². The lowest BCUT2D eigenvalue weighted by atomic mass is 9.87. The van der Waals surface area contributed by atoms with E-state index in [0.29, 0.717) is 18.0 Å². The molecule has 2 rings (SSSR count). The fraction of sp³-hybridized carbons (Fsp3) is 0.538. The largest absolute Gasteiger partial charge is 0.367 e. The average molecular weight is 318 g/mol. The first-order valence-electron chi connectivity index (χ1n) is 5.98. The van der Waals surface area contributed by atoms with Crippen LogP contribution in [0.3, 0.4) is 0 Å². The highest BCUT2D eigenvalue weighted by Gasteiger charge is 2.31. The van der Waals surface area contributed by atoms with Gasteiger partial charge in [-0.25, -0.2) is 0 Å². The van der Waals surface area contributed by atoms with E-state index in [1.165, 1.54) is 0 Å². The zero-order chi connectivity index (χ0) is 12.6. The summed E-state index contributed by atoms with van der Waals surface area (Å²) < 4.78 is 1.01. The Hall–Kier alpha value is -0.250. The molecule has 0 spiro atoms. The molecule has 3 atom stereocenters. The summed E-state index contributed by atoms with van der Waals surface area (Å²) in [7, 11) is 0. The van der Waals surface area contributed by atoms with Gasteiger partial charge in [0, 0.05) is 23.1 Å². The maximum atomic E-state index is 6.31. The van der Waals surface area contributed by atoms with Crippen molar-refractivity contribution in [1.82, 2.24) is 0 Å². The van der Waals surface area contributed by atoms with Crippen molar-refractivity contribution >= 4 is 33.2 Å². The summed E-state index contributed by atoms with van der Waals surface area (Å²) in [5.74, 6) is 0.489. The van der Waals surface area contributed by atoms with Gasteiger partial charge >= 0.3 is 0 Å². The number of nitrogens with zero attached hydrogens (tertiary/aromatic N) is 1. The second kappa shape index (κ2) is 5.17. The third-order valence-corrected chi connectivity index (χ3v) is 4.65. The quantitative estimate of drug-likeness (QED) is 0.856. The summed E-state index contributed by atoms with van der Waals surface area (Å²) in [6, 6.07) is 6.79. The van der Waals surface area contributed by atoms with Crippen LogP contribution in [0, 0.1) is 5.92 Å². The van der Waals surface area contributed by atoms with Crippen LogP contribution >= 0.6 is 27.5 Å². The van der Waals surface area contributed by atoms with Crippen molar-refractivity contribution in [3.63, 3.8) is 0 Å². The molecule has 3 unspecified atom stereocenters. The van der Waals surface area contributed by atoms with Gasteiger partial charge in [-0.1, -0.05) is 34.5 Å². The van der Waals surface area contributed by atoms with Crippen LogP contribution in [0.25, 0.3) is 0 Å². The zero-order valence-electron chi connectivity index (χ0n) is 10.2. The van der Waals surface area contributed by atoms with E-state index in [1.807, 2.05) is 12.1 Å². The lowest BCUT2D eigenvalue weighted by Gasteiger charge is -2.43. The van der Waals surface area contributed by atoms with Gasteiger partial charge in [-0.2, -0.15) is 0 Å². The van der Waals surface area contributed by atoms with Crippen LogP contribution in [0.1, 0.15) is 20.3 Å². The minimum atomic E-state index is 0.301. The molecular formula is C13H18BrClN2. The molecule has 1 aliphatic heterocycles. The summed E-state index contributed by atoms with van der Waals surface area (Å²) in [4.78, 5) is 2.36. The smallest absolute Gasteiger partial charge is 0.0650 e. The molecule has 0 saturated carbocycles. The molecule has 1 saturated heterocycles. The van der Waals surface area contributed by atoms with Gasteiger partial charge in [0.25, 0.3) is 0 Å². The summed E-state index contributed by atoms with van der Waals surface area (Å²) >= 11 is 9.74. The molecule has 2 nitrogen and oxygen atoms in total. The van der Waals surface area contributed by atoms with Crippen LogP contribution in [-0.4, -0.2) is 18.6 Å². The lowest BCUT2D eigenvalue weighted by molar-refractivity contribution is 0.315. The SMILES string of the molecule is CC1C(N)CCN(c2ccc(Br)cc2Cl)C1C. The normalized spacial score (nSPS) is 29.5. The third-order valence-electron chi connectivity index (χ3n) is 3.85. The topological polar surface area (TPSA) is 29.3 Å². The number of piperidine rings is 1. The van der Waals surface area contributed by atoms with Gasteiger partial charge < -0.3 is 10.6 Å². The molecule has 0 amide bonds. The monoisotopic (exact) mass is 316 g/mol. The van der Waals surface area contributed by atoms with Crippen molar-refractivity contribution in [3.8, 4) is 0 Å². The van der Waals surface area contributed by atoms with E-state index in [2.05, 4.69) is 40.7 Å². The van der Waals surface area contributed by atoms with Gasteiger partial charge in [-0.15, -0.1) is 0 Å². The van der Waals surface area contributed by atoms with Gasteiger partial charge in [0.1, 0.15) is 0 Å². The molecule has 0 aliphatic carbocycles. The molecule has 94 valence electrons. The third kappa shape index (κ3) is 2.61. The number of rotatable bonds is 1. The zero-order valence-corrected chi connectivity index (χ0v) is 12.5. The Labute approximate surface area is 116 Å². The molecule has 17 heavy (non-hydrogen) atoms. The number of anilines is 1. The van der Waals surface area contributed by atoms with Gasteiger partial charge in [0.15, 0.2) is 0 Å². The minimum absolute atomic E-state index is 0.301. The highest BCUT2D eigenvalue weighted by molar-refractivity contribution is 9.10. The first-order valence-corrected chi connectivity index (χ1v) is 7.15. The molecule has 0 radical (unpaired) electrons. The Bertz CT molecular complexity index is 410. The van der Waals surface area contributed by atoms with Gasteiger partial charge in [-0.05, 0) is 37.5 Å². The van der Waals surface area contributed by atoms with Crippen molar-refractivity contribution in [2.24, 2.45) is 11.7 Å². The minimum Gasteiger partial charge on any atom is -0.367 e. The van der Waals surface area contributed by atoms with Crippen molar-refractivity contribution in [2.45, 2.75) is 32.4 Å². The molecule has 1 heterocycles. The first-order chi connectivity index (χ1) is 8.00. The van der Waals surface area contributed by atoms with Gasteiger partial charge in [0.05, 0.1) is 10.7 Å². The Morgan fingerprint density at radius 1 is 1.41 bits per heavy atom. The van der Waals surface area contributed by atoms with E-state index in [0.717, 1.165) is 28.1 Å². The highest BCUT2D eigenvalue weighted by atomic mass is 79.9. The van der Waals surface area contributed by atoms with E-state index in [9.17, 15) is 0 Å². The maximum Gasteiger partial charge on any atom is 0.0650 e. The molecule has 2 N–H and O–H groups in total. The number of benzene rings is 1. The van der Waals surface area contributed by atoms with Gasteiger partial charge in [-0.3, -0.25) is 0 Å². The van der Waals surface area contributed by atoms with Crippen LogP contribution in [-0.2, 0) is 0 Å². The number of hydrogen-bond donors (Lipinski definition) is 1. The predicted octanol–water partition coefficient (Wildman–Crippen LogP) is 3.66. The summed E-state index contributed by atoms with van der Waals surface area (Å²) in [6.07, 6.45) is 1.03. The molecule has 0 aromatic heterocycles. The van der Waals surface area contributed by atoms with E-state index in [4.69, 9.17) is 17.3 Å². The van der Waals surface area contributed by atoms with Crippen LogP contribution < -0.4 is 10.6 Å². The van der Waals surface area contributed by atoms with E-state index < -0.39 is 0 Å². The number of halogens is 2. The highest BCUT2D eigenvalue weighted by Crippen LogP contribution is 2.34. The second-order valence-electron chi connectivity index (χ2n) is 4.84. The Balaban J connectivity index is 2.28. The molecule has 1 aliphatic rings. The van der Waals surface area contributed by atoms with Crippen LogP contribution in [0.15, 0.2) is 22.7 Å². The summed E-state index contributed by atoms with van der Waals surface area (Å²) in [6.45, 7) is 5.42.